The van der Waals surface area contributed by atoms with E-state index >= 15 is 0 Å². The molecule has 1 aliphatic carbocycles. The molecule has 0 aliphatic heterocycles. The van der Waals surface area contributed by atoms with Gasteiger partial charge in [0.25, 0.3) is 0 Å². The first kappa shape index (κ1) is 20.1. The average molecular weight is 383 g/mol. The number of hydrogen-bond donors (Lipinski definition) is 0. The van der Waals surface area contributed by atoms with E-state index in [0.29, 0.717) is 23.3 Å². The summed E-state index contributed by atoms with van der Waals surface area (Å²) >= 11 is 0. The molecule has 0 spiro atoms. The van der Waals surface area contributed by atoms with E-state index in [1.807, 2.05) is 18.2 Å². The second-order valence-corrected chi connectivity index (χ2v) is 7.17. The van der Waals surface area contributed by atoms with Gasteiger partial charge in [-0.2, -0.15) is 0 Å². The molecule has 1 saturated carbocycles. The van der Waals surface area contributed by atoms with Gasteiger partial charge in [0.05, 0.1) is 28.4 Å². The van der Waals surface area contributed by atoms with Crippen LogP contribution in [0.25, 0.3) is 6.08 Å². The Morgan fingerprint density at radius 1 is 0.714 bits per heavy atom. The highest BCUT2D eigenvalue weighted by molar-refractivity contribution is 5.57. The van der Waals surface area contributed by atoms with Gasteiger partial charge in [0.15, 0.2) is 11.5 Å². The van der Waals surface area contributed by atoms with Gasteiger partial charge in [-0.05, 0) is 61.3 Å². The Labute approximate surface area is 168 Å². The zero-order valence-electron chi connectivity index (χ0n) is 17.2. The lowest BCUT2D eigenvalue weighted by atomic mass is 9.78. The molecule has 2 aromatic rings. The van der Waals surface area contributed by atoms with Gasteiger partial charge in [0.1, 0.15) is 5.75 Å². The van der Waals surface area contributed by atoms with Crippen LogP contribution in [-0.2, 0) is 0 Å². The van der Waals surface area contributed by atoms with Crippen molar-refractivity contribution >= 4 is 6.08 Å². The molecule has 2 aromatic carbocycles. The second kappa shape index (κ2) is 9.54. The maximum atomic E-state index is 5.68. The molecule has 4 nitrogen and oxygen atoms in total. The predicted octanol–water partition coefficient (Wildman–Crippen LogP) is 5.71. The lowest BCUT2D eigenvalue weighted by molar-refractivity contribution is 0.313. The molecule has 0 atom stereocenters. The summed E-state index contributed by atoms with van der Waals surface area (Å²) in [6.45, 7) is 0. The van der Waals surface area contributed by atoms with Gasteiger partial charge in [-0.3, -0.25) is 0 Å². The van der Waals surface area contributed by atoms with Crippen molar-refractivity contribution in [1.29, 1.82) is 0 Å². The fraction of sp³-hybridized carbons (Fsp3) is 0.417. The molecule has 3 rings (SSSR count). The standard InChI is InChI=1S/C24H30O4/c1-25-20-13-9-18(10-14-20)6-5-17-7-11-19(12-8-17)21-15-16-22(26-2)24(28-4)23(21)27-3/h5-6,9-10,13-17,19H,7-8,11-12H2,1-4H3/b6-5+. The van der Waals surface area contributed by atoms with Crippen LogP contribution in [0, 0.1) is 5.92 Å². The molecular formula is C24H30O4. The summed E-state index contributed by atoms with van der Waals surface area (Å²) in [5.74, 6) is 4.19. The Bertz CT molecular complexity index is 787. The first-order valence-electron chi connectivity index (χ1n) is 9.81. The first-order valence-corrected chi connectivity index (χ1v) is 9.81. The summed E-state index contributed by atoms with van der Waals surface area (Å²) in [6.07, 6.45) is 9.21. The van der Waals surface area contributed by atoms with Crippen molar-refractivity contribution in [2.45, 2.75) is 31.6 Å². The number of hydrogen-bond acceptors (Lipinski definition) is 4. The topological polar surface area (TPSA) is 36.9 Å². The third kappa shape index (κ3) is 4.44. The monoisotopic (exact) mass is 382 g/mol. The molecule has 28 heavy (non-hydrogen) atoms. The van der Waals surface area contributed by atoms with Gasteiger partial charge < -0.3 is 18.9 Å². The highest BCUT2D eigenvalue weighted by atomic mass is 16.5. The van der Waals surface area contributed by atoms with E-state index in [9.17, 15) is 0 Å². The van der Waals surface area contributed by atoms with E-state index in [-0.39, 0.29) is 0 Å². The van der Waals surface area contributed by atoms with Crippen LogP contribution in [0.5, 0.6) is 23.0 Å². The quantitative estimate of drug-likeness (QED) is 0.615. The minimum absolute atomic E-state index is 0.486. The second-order valence-electron chi connectivity index (χ2n) is 7.17. The summed E-state index contributed by atoms with van der Waals surface area (Å²) in [5, 5.41) is 0. The smallest absolute Gasteiger partial charge is 0.203 e. The summed E-state index contributed by atoms with van der Waals surface area (Å²) in [6, 6.07) is 12.3. The van der Waals surface area contributed by atoms with Gasteiger partial charge in [-0.15, -0.1) is 0 Å². The van der Waals surface area contributed by atoms with Crippen LogP contribution >= 0.6 is 0 Å². The minimum Gasteiger partial charge on any atom is -0.497 e. The summed E-state index contributed by atoms with van der Waals surface area (Å²) in [5.41, 5.74) is 2.43. The number of methoxy groups -OCH3 is 4. The van der Waals surface area contributed by atoms with Crippen molar-refractivity contribution in [2.24, 2.45) is 5.92 Å². The summed E-state index contributed by atoms with van der Waals surface area (Å²) in [4.78, 5) is 0. The van der Waals surface area contributed by atoms with Crippen molar-refractivity contribution in [2.75, 3.05) is 28.4 Å². The molecule has 0 radical (unpaired) electrons. The molecule has 1 fully saturated rings. The SMILES string of the molecule is COc1ccc(/C=C/C2CCC(c3ccc(OC)c(OC)c3OC)CC2)cc1. The van der Waals surface area contributed by atoms with Gasteiger partial charge >= 0.3 is 0 Å². The van der Waals surface area contributed by atoms with Crippen molar-refractivity contribution in [1.82, 2.24) is 0 Å². The molecule has 0 saturated heterocycles. The third-order valence-electron chi connectivity index (χ3n) is 5.62. The molecule has 1 aliphatic rings. The van der Waals surface area contributed by atoms with Crippen molar-refractivity contribution in [3.63, 3.8) is 0 Å². The van der Waals surface area contributed by atoms with E-state index < -0.39 is 0 Å². The number of allylic oxidation sites excluding steroid dienone is 1. The van der Waals surface area contributed by atoms with Crippen LogP contribution in [-0.4, -0.2) is 28.4 Å². The van der Waals surface area contributed by atoms with Crippen LogP contribution in [0.15, 0.2) is 42.5 Å². The van der Waals surface area contributed by atoms with Crippen LogP contribution < -0.4 is 18.9 Å². The molecule has 0 unspecified atom stereocenters. The maximum absolute atomic E-state index is 5.68. The summed E-state index contributed by atoms with van der Waals surface area (Å²) in [7, 11) is 6.70. The maximum Gasteiger partial charge on any atom is 0.203 e. The molecule has 0 amide bonds. The van der Waals surface area contributed by atoms with E-state index in [4.69, 9.17) is 18.9 Å². The number of rotatable bonds is 7. The largest absolute Gasteiger partial charge is 0.497 e. The lowest BCUT2D eigenvalue weighted by Gasteiger charge is -2.29. The average Bonchev–Trinajstić information content (AvgIpc) is 2.77. The van der Waals surface area contributed by atoms with Crippen LogP contribution in [0.2, 0.25) is 0 Å². The molecular weight excluding hydrogens is 352 g/mol. The molecule has 0 bridgehead atoms. The highest BCUT2D eigenvalue weighted by Gasteiger charge is 2.26. The van der Waals surface area contributed by atoms with Crippen molar-refractivity contribution in [3.8, 4) is 23.0 Å². The van der Waals surface area contributed by atoms with Gasteiger partial charge in [0.2, 0.25) is 5.75 Å². The Kier molecular flexibility index (Phi) is 6.85. The molecule has 0 heterocycles. The van der Waals surface area contributed by atoms with Gasteiger partial charge in [-0.25, -0.2) is 0 Å². The van der Waals surface area contributed by atoms with Crippen LogP contribution in [0.3, 0.4) is 0 Å². The normalized spacial score (nSPS) is 19.4. The Hall–Kier alpha value is -2.62. The van der Waals surface area contributed by atoms with E-state index in [0.717, 1.165) is 24.3 Å². The fourth-order valence-corrected chi connectivity index (χ4v) is 4.03. The predicted molar refractivity (Wildman–Crippen MR) is 113 cm³/mol. The zero-order chi connectivity index (χ0) is 19.9. The molecule has 150 valence electrons. The zero-order valence-corrected chi connectivity index (χ0v) is 17.2. The van der Waals surface area contributed by atoms with Gasteiger partial charge in [-0.1, -0.05) is 30.4 Å². The molecule has 0 aromatic heterocycles. The van der Waals surface area contributed by atoms with Crippen LogP contribution in [0.4, 0.5) is 0 Å². The molecule has 0 N–H and O–H groups in total. The Morgan fingerprint density at radius 3 is 1.96 bits per heavy atom. The van der Waals surface area contributed by atoms with E-state index in [2.05, 4.69) is 30.4 Å². The first-order chi connectivity index (χ1) is 13.7. The third-order valence-corrected chi connectivity index (χ3v) is 5.62. The highest BCUT2D eigenvalue weighted by Crippen LogP contribution is 2.46. The number of benzene rings is 2. The van der Waals surface area contributed by atoms with Crippen molar-refractivity contribution < 1.29 is 18.9 Å². The van der Waals surface area contributed by atoms with Crippen molar-refractivity contribution in [3.05, 3.63) is 53.6 Å². The minimum atomic E-state index is 0.486. The van der Waals surface area contributed by atoms with E-state index in [1.54, 1.807) is 28.4 Å². The number of ether oxygens (including phenoxy) is 4. The fourth-order valence-electron chi connectivity index (χ4n) is 4.03. The molecule has 4 heteroatoms. The Morgan fingerprint density at radius 2 is 1.39 bits per heavy atom. The van der Waals surface area contributed by atoms with Crippen LogP contribution in [0.1, 0.15) is 42.7 Å². The van der Waals surface area contributed by atoms with Gasteiger partial charge in [0, 0.05) is 5.56 Å². The lowest BCUT2D eigenvalue weighted by Crippen LogP contribution is -2.13. The Balaban J connectivity index is 1.65. The summed E-state index contributed by atoms with van der Waals surface area (Å²) < 4.78 is 21.9. The van der Waals surface area contributed by atoms with E-state index in [1.165, 1.54) is 24.0 Å².